The Morgan fingerprint density at radius 1 is 0.310 bits per heavy atom. The average molecular weight is 1050 g/mol. The van der Waals surface area contributed by atoms with Crippen LogP contribution in [0.5, 0.6) is 0 Å². The Kier molecular flexibility index (Phi) is 32.7. The fraction of sp³-hybridized carbons (Fsp3) is 0.760. The van der Waals surface area contributed by atoms with Crippen molar-refractivity contribution in [2.75, 3.05) is 0 Å². The SMILES string of the molecule is CCCCCCCCCCCCCCCCCCCc1ccccc1[I+]c1ccccc1CCCCCCCCCCCCCCCCCCC.[F][Sb-]([F])([F])([F])([F])[F]. The predicted molar refractivity (Wildman–Crippen MR) is 238 cm³/mol. The zero-order valence-corrected chi connectivity index (χ0v) is 41.9. The van der Waals surface area contributed by atoms with Gasteiger partial charge in [-0.3, -0.25) is 0 Å². The molecule has 0 amide bonds. The van der Waals surface area contributed by atoms with Crippen LogP contribution in [0.15, 0.2) is 48.5 Å². The van der Waals surface area contributed by atoms with Gasteiger partial charge in [0.15, 0.2) is 7.14 Å². The van der Waals surface area contributed by atoms with E-state index in [1.54, 1.807) is 18.3 Å². The van der Waals surface area contributed by atoms with Crippen molar-refractivity contribution in [1.29, 1.82) is 0 Å². The van der Waals surface area contributed by atoms with Gasteiger partial charge in [0.25, 0.3) is 0 Å². The molecular formula is C50H86F6ISb. The van der Waals surface area contributed by atoms with Gasteiger partial charge in [0.2, 0.25) is 0 Å². The number of benzene rings is 2. The maximum atomic E-state index is 9.93. The van der Waals surface area contributed by atoms with E-state index in [-0.39, 0.29) is 21.2 Å². The normalized spacial score (nSPS) is 12.9. The molecular weight excluding hydrogens is 963 g/mol. The van der Waals surface area contributed by atoms with Crippen molar-refractivity contribution >= 4 is 19.5 Å². The molecule has 0 saturated heterocycles. The molecule has 0 heterocycles. The van der Waals surface area contributed by atoms with Gasteiger partial charge in [-0.15, -0.1) is 0 Å². The Morgan fingerprint density at radius 2 is 0.500 bits per heavy atom. The summed E-state index contributed by atoms with van der Waals surface area (Å²) in [4.78, 5) is 0. The Morgan fingerprint density at radius 3 is 0.724 bits per heavy atom. The molecule has 0 N–H and O–H groups in total. The fourth-order valence-corrected chi connectivity index (χ4v) is 10.8. The molecule has 0 spiro atoms. The van der Waals surface area contributed by atoms with Crippen molar-refractivity contribution in [3.63, 3.8) is 0 Å². The van der Waals surface area contributed by atoms with E-state index in [0.717, 1.165) is 0 Å². The van der Waals surface area contributed by atoms with Crippen LogP contribution in [0.4, 0.5) is 16.9 Å². The van der Waals surface area contributed by atoms with Crippen LogP contribution in [0.2, 0.25) is 0 Å². The summed E-state index contributed by atoms with van der Waals surface area (Å²) in [6.07, 6.45) is 51.7. The third kappa shape index (κ3) is 40.9. The monoisotopic (exact) mass is 1050 g/mol. The number of halogens is 7. The number of unbranched alkanes of at least 4 members (excludes halogenated alkanes) is 32. The summed E-state index contributed by atoms with van der Waals surface area (Å²) in [7, 11) is 0. The second kappa shape index (κ2) is 34.1. The van der Waals surface area contributed by atoms with Gasteiger partial charge in [0.05, 0.1) is 0 Å². The first kappa shape index (κ1) is 55.6. The molecule has 0 radical (unpaired) electrons. The number of aryl methyl sites for hydroxylation is 2. The molecule has 0 aromatic heterocycles. The molecule has 0 atom stereocenters. The Balaban J connectivity index is 0.00000219. The molecule has 2 aromatic carbocycles. The molecule has 2 rings (SSSR count). The van der Waals surface area contributed by atoms with Gasteiger partial charge < -0.3 is 0 Å². The average Bonchev–Trinajstić information content (AvgIpc) is 3.17. The first-order valence-corrected chi connectivity index (χ1v) is 32.1. The molecule has 0 aliphatic carbocycles. The van der Waals surface area contributed by atoms with E-state index in [1.807, 2.05) is 0 Å². The molecule has 0 aliphatic rings. The first-order chi connectivity index (χ1) is 27.8. The van der Waals surface area contributed by atoms with Gasteiger partial charge in [0, 0.05) is 11.1 Å². The van der Waals surface area contributed by atoms with E-state index in [1.165, 1.54) is 231 Å². The number of hydrogen-bond acceptors (Lipinski definition) is 0. The summed E-state index contributed by atoms with van der Waals surface area (Å²) in [5, 5.41) is 0. The van der Waals surface area contributed by atoms with Gasteiger partial charge in [-0.1, -0.05) is 256 Å². The first-order valence-electron chi connectivity index (χ1n) is 24.2. The standard InChI is InChI=1S/C50H86I.6FH.Sb/c1-3-5-7-9-11-13-15-17-19-21-23-25-27-29-31-33-35-41-47-43-37-39-45-49(47)51-50-46-40-38-44-48(50)42-36-34-32-30-28-26-24-22-20-18-16-14-12-10-8-6-4-2;;;;;;;/h37-40,43-46H,3-36,41-42H2,1-2H3;6*1H;/q+1;;;;;;;+5/p-6. The summed E-state index contributed by atoms with van der Waals surface area (Å²) in [6.45, 7) is 4.62. The van der Waals surface area contributed by atoms with E-state index in [9.17, 15) is 16.9 Å². The Bertz CT molecular complexity index is 1130. The van der Waals surface area contributed by atoms with E-state index >= 15 is 0 Å². The maximum absolute atomic E-state index is 11.2. The van der Waals surface area contributed by atoms with Crippen LogP contribution in [-0.4, -0.2) is 19.5 Å². The molecule has 0 bridgehead atoms. The Labute approximate surface area is 366 Å². The van der Waals surface area contributed by atoms with Crippen LogP contribution in [0, 0.1) is 7.14 Å². The minimum atomic E-state index is -11.2. The minimum absolute atomic E-state index is 0.110. The van der Waals surface area contributed by atoms with Crippen LogP contribution in [0.3, 0.4) is 0 Å². The molecule has 8 heteroatoms. The van der Waals surface area contributed by atoms with Crippen molar-refractivity contribution in [1.82, 2.24) is 0 Å². The van der Waals surface area contributed by atoms with Gasteiger partial charge in [-0.2, -0.15) is 0 Å². The number of rotatable bonds is 38. The summed E-state index contributed by atoms with van der Waals surface area (Å²) < 4.78 is 62.9. The predicted octanol–water partition coefficient (Wildman–Crippen LogP) is 16.3. The second-order valence-electron chi connectivity index (χ2n) is 17.0. The van der Waals surface area contributed by atoms with E-state index in [2.05, 4.69) is 62.4 Å². The fourth-order valence-electron chi connectivity index (χ4n) is 7.78. The zero-order valence-electron chi connectivity index (χ0n) is 37.2. The molecule has 2 aromatic rings. The van der Waals surface area contributed by atoms with E-state index < -0.39 is 19.5 Å². The van der Waals surface area contributed by atoms with Crippen LogP contribution in [0.25, 0.3) is 0 Å². The third-order valence-electron chi connectivity index (χ3n) is 11.2. The van der Waals surface area contributed by atoms with Crippen molar-refractivity contribution < 1.29 is 38.1 Å². The van der Waals surface area contributed by atoms with Crippen molar-refractivity contribution in [2.45, 2.75) is 245 Å². The summed E-state index contributed by atoms with van der Waals surface area (Å²) in [5.74, 6) is 0. The van der Waals surface area contributed by atoms with Crippen LogP contribution >= 0.6 is 0 Å². The Hall–Kier alpha value is -0.432. The van der Waals surface area contributed by atoms with E-state index in [0.29, 0.717) is 0 Å². The van der Waals surface area contributed by atoms with Gasteiger partial charge in [-0.25, -0.2) is 0 Å². The topological polar surface area (TPSA) is 0 Å². The molecule has 0 fully saturated rings. The van der Waals surface area contributed by atoms with Crippen LogP contribution in [-0.2, 0) is 12.8 Å². The van der Waals surface area contributed by atoms with E-state index in [4.69, 9.17) is 0 Å². The van der Waals surface area contributed by atoms with Crippen molar-refractivity contribution in [3.05, 3.63) is 66.8 Å². The third-order valence-corrected chi connectivity index (χ3v) is 14.5. The van der Waals surface area contributed by atoms with Crippen molar-refractivity contribution in [3.8, 4) is 0 Å². The quantitative estimate of drug-likeness (QED) is 0.0272. The number of hydrogen-bond donors (Lipinski definition) is 0. The summed E-state index contributed by atoms with van der Waals surface area (Å²) in [5.41, 5.74) is 3.28. The van der Waals surface area contributed by atoms with Gasteiger partial charge >= 0.3 is 57.6 Å². The summed E-state index contributed by atoms with van der Waals surface area (Å²) >= 11 is -11.4. The van der Waals surface area contributed by atoms with Crippen LogP contribution < -0.4 is 21.2 Å². The van der Waals surface area contributed by atoms with Gasteiger partial charge in [0.1, 0.15) is 0 Å². The molecule has 0 saturated carbocycles. The molecule has 340 valence electrons. The summed E-state index contributed by atoms with van der Waals surface area (Å²) in [6, 6.07) is 18.9. The van der Waals surface area contributed by atoms with Crippen molar-refractivity contribution in [2.24, 2.45) is 0 Å². The zero-order chi connectivity index (χ0) is 42.5. The molecule has 0 unspecified atom stereocenters. The molecule has 58 heavy (non-hydrogen) atoms. The second-order valence-corrected chi connectivity index (χ2v) is 25.4. The molecule has 0 aliphatic heterocycles. The van der Waals surface area contributed by atoms with Gasteiger partial charge in [-0.05, 0) is 37.8 Å². The molecule has 0 nitrogen and oxygen atoms in total. The van der Waals surface area contributed by atoms with Crippen LogP contribution in [0.1, 0.15) is 243 Å².